The van der Waals surface area contributed by atoms with Crippen LogP contribution < -0.4 is 4.90 Å². The Morgan fingerprint density at radius 2 is 1.90 bits per heavy atom. The standard InChI is InChI=1S/C15H18N4O/c1-2-14(20-11-1)13-3-4-15(17-16-13)19-10-9-18-7-5-12(19)6-8-18/h1-4,11-12H,5-10H2. The van der Waals surface area contributed by atoms with E-state index in [4.69, 9.17) is 4.42 Å². The second-order valence-corrected chi connectivity index (χ2v) is 5.52. The highest BCUT2D eigenvalue weighted by Crippen LogP contribution is 2.26. The van der Waals surface area contributed by atoms with Crippen LogP contribution in [0.5, 0.6) is 0 Å². The fourth-order valence-electron chi connectivity index (χ4n) is 3.22. The van der Waals surface area contributed by atoms with Gasteiger partial charge in [-0.05, 0) is 37.1 Å². The van der Waals surface area contributed by atoms with Crippen molar-refractivity contribution in [2.45, 2.75) is 18.9 Å². The van der Waals surface area contributed by atoms with Crippen LogP contribution in [0.3, 0.4) is 0 Å². The highest BCUT2D eigenvalue weighted by atomic mass is 16.3. The number of hydrogen-bond donors (Lipinski definition) is 0. The molecule has 0 radical (unpaired) electrons. The molecule has 0 N–H and O–H groups in total. The van der Waals surface area contributed by atoms with Crippen molar-refractivity contribution in [2.75, 3.05) is 31.1 Å². The summed E-state index contributed by atoms with van der Waals surface area (Å²) in [5.74, 6) is 1.76. The van der Waals surface area contributed by atoms with Crippen LogP contribution in [0, 0.1) is 0 Å². The molecule has 20 heavy (non-hydrogen) atoms. The zero-order valence-electron chi connectivity index (χ0n) is 11.4. The predicted octanol–water partition coefficient (Wildman–Crippen LogP) is 2.02. The molecule has 0 aliphatic carbocycles. The molecule has 0 unspecified atom stereocenters. The van der Waals surface area contributed by atoms with Crippen molar-refractivity contribution in [3.05, 3.63) is 30.5 Å². The molecule has 2 aromatic rings. The van der Waals surface area contributed by atoms with Crippen LogP contribution in [-0.2, 0) is 0 Å². The summed E-state index contributed by atoms with van der Waals surface area (Å²) in [6.07, 6.45) is 4.13. The number of aromatic nitrogens is 2. The van der Waals surface area contributed by atoms with Gasteiger partial charge in [0.1, 0.15) is 5.69 Å². The van der Waals surface area contributed by atoms with Crippen LogP contribution >= 0.6 is 0 Å². The summed E-state index contributed by atoms with van der Waals surface area (Å²) in [5, 5.41) is 8.72. The van der Waals surface area contributed by atoms with E-state index in [0.29, 0.717) is 6.04 Å². The maximum atomic E-state index is 5.35. The highest BCUT2D eigenvalue weighted by molar-refractivity contribution is 5.53. The minimum Gasteiger partial charge on any atom is -0.463 e. The van der Waals surface area contributed by atoms with E-state index in [9.17, 15) is 0 Å². The number of nitrogens with zero attached hydrogens (tertiary/aromatic N) is 4. The Morgan fingerprint density at radius 3 is 2.60 bits per heavy atom. The Morgan fingerprint density at radius 1 is 1.00 bits per heavy atom. The maximum Gasteiger partial charge on any atom is 0.154 e. The van der Waals surface area contributed by atoms with Gasteiger partial charge in [0, 0.05) is 32.2 Å². The fourth-order valence-corrected chi connectivity index (χ4v) is 3.22. The van der Waals surface area contributed by atoms with Crippen molar-refractivity contribution in [1.82, 2.24) is 15.1 Å². The minimum atomic E-state index is 0.623. The van der Waals surface area contributed by atoms with Gasteiger partial charge in [0.15, 0.2) is 11.6 Å². The molecule has 5 heteroatoms. The molecule has 0 saturated carbocycles. The lowest BCUT2D eigenvalue weighted by molar-refractivity contribution is 0.250. The van der Waals surface area contributed by atoms with Gasteiger partial charge >= 0.3 is 0 Å². The van der Waals surface area contributed by atoms with E-state index in [-0.39, 0.29) is 0 Å². The molecule has 0 atom stereocenters. The van der Waals surface area contributed by atoms with Crippen molar-refractivity contribution >= 4 is 5.82 Å². The first-order chi connectivity index (χ1) is 9.90. The Kier molecular flexibility index (Phi) is 2.92. The lowest BCUT2D eigenvalue weighted by Crippen LogP contribution is -2.38. The quantitative estimate of drug-likeness (QED) is 0.835. The molecule has 0 spiro atoms. The number of anilines is 1. The predicted molar refractivity (Wildman–Crippen MR) is 76.5 cm³/mol. The molecule has 2 bridgehead atoms. The summed E-state index contributed by atoms with van der Waals surface area (Å²) >= 11 is 0. The third-order valence-electron chi connectivity index (χ3n) is 4.37. The third kappa shape index (κ3) is 2.08. The summed E-state index contributed by atoms with van der Waals surface area (Å²) < 4.78 is 5.35. The molecule has 2 aromatic heterocycles. The first-order valence-electron chi connectivity index (χ1n) is 7.27. The minimum absolute atomic E-state index is 0.623. The lowest BCUT2D eigenvalue weighted by Gasteiger charge is -2.31. The number of rotatable bonds is 2. The molecule has 5 rings (SSSR count). The van der Waals surface area contributed by atoms with Gasteiger partial charge in [-0.15, -0.1) is 10.2 Å². The number of furan rings is 1. The van der Waals surface area contributed by atoms with Gasteiger partial charge in [0.05, 0.1) is 6.26 Å². The van der Waals surface area contributed by atoms with Crippen molar-refractivity contribution in [2.24, 2.45) is 0 Å². The van der Waals surface area contributed by atoms with Gasteiger partial charge in [-0.3, -0.25) is 0 Å². The zero-order chi connectivity index (χ0) is 13.4. The van der Waals surface area contributed by atoms with Crippen LogP contribution in [0.15, 0.2) is 34.9 Å². The first kappa shape index (κ1) is 11.9. The molecular weight excluding hydrogens is 252 g/mol. The van der Waals surface area contributed by atoms with Crippen LogP contribution in [0.2, 0.25) is 0 Å². The zero-order valence-corrected chi connectivity index (χ0v) is 11.4. The van der Waals surface area contributed by atoms with Crippen molar-refractivity contribution in [1.29, 1.82) is 0 Å². The topological polar surface area (TPSA) is 45.4 Å². The molecule has 3 aliphatic heterocycles. The smallest absolute Gasteiger partial charge is 0.154 e. The molecule has 5 heterocycles. The van der Waals surface area contributed by atoms with Crippen LogP contribution in [0.4, 0.5) is 5.82 Å². The monoisotopic (exact) mass is 270 g/mol. The van der Waals surface area contributed by atoms with E-state index in [1.807, 2.05) is 18.2 Å². The third-order valence-corrected chi connectivity index (χ3v) is 4.37. The summed E-state index contributed by atoms with van der Waals surface area (Å²) in [5.41, 5.74) is 0.793. The van der Waals surface area contributed by atoms with E-state index in [2.05, 4.69) is 26.1 Å². The van der Waals surface area contributed by atoms with Gasteiger partial charge in [0.25, 0.3) is 0 Å². The lowest BCUT2D eigenvalue weighted by atomic mass is 10.1. The van der Waals surface area contributed by atoms with Crippen LogP contribution in [0.25, 0.3) is 11.5 Å². The van der Waals surface area contributed by atoms with Crippen molar-refractivity contribution < 1.29 is 4.42 Å². The largest absolute Gasteiger partial charge is 0.463 e. The van der Waals surface area contributed by atoms with Gasteiger partial charge < -0.3 is 14.2 Å². The summed E-state index contributed by atoms with van der Waals surface area (Å²) in [7, 11) is 0. The van der Waals surface area contributed by atoms with E-state index < -0.39 is 0 Å². The van der Waals surface area contributed by atoms with E-state index >= 15 is 0 Å². The van der Waals surface area contributed by atoms with Crippen LogP contribution in [-0.4, -0.2) is 47.3 Å². The summed E-state index contributed by atoms with van der Waals surface area (Å²) in [6, 6.07) is 8.46. The van der Waals surface area contributed by atoms with Gasteiger partial charge in [0.2, 0.25) is 0 Å². The average Bonchev–Trinajstić information content (AvgIpc) is 2.88. The van der Waals surface area contributed by atoms with Gasteiger partial charge in [-0.1, -0.05) is 0 Å². The molecule has 0 amide bonds. The summed E-state index contributed by atoms with van der Waals surface area (Å²) in [6.45, 7) is 4.63. The maximum absolute atomic E-state index is 5.35. The molecule has 3 saturated heterocycles. The fraction of sp³-hybridized carbons (Fsp3) is 0.467. The van der Waals surface area contributed by atoms with Crippen molar-refractivity contribution in [3.63, 3.8) is 0 Å². The Balaban J connectivity index is 1.59. The summed E-state index contributed by atoms with van der Waals surface area (Å²) in [4.78, 5) is 4.97. The normalized spacial score (nSPS) is 25.7. The first-order valence-corrected chi connectivity index (χ1v) is 7.27. The van der Waals surface area contributed by atoms with E-state index in [0.717, 1.165) is 30.4 Å². The van der Waals surface area contributed by atoms with Crippen molar-refractivity contribution in [3.8, 4) is 11.5 Å². The Hall–Kier alpha value is -1.88. The highest BCUT2D eigenvalue weighted by Gasteiger charge is 2.29. The second-order valence-electron chi connectivity index (χ2n) is 5.52. The van der Waals surface area contributed by atoms with Gasteiger partial charge in [-0.2, -0.15) is 0 Å². The molecule has 104 valence electrons. The average molecular weight is 270 g/mol. The molecular formula is C15H18N4O. The number of piperidine rings is 1. The van der Waals surface area contributed by atoms with Gasteiger partial charge in [-0.25, -0.2) is 0 Å². The molecule has 3 aliphatic rings. The molecule has 5 nitrogen and oxygen atoms in total. The van der Waals surface area contributed by atoms with Crippen LogP contribution in [0.1, 0.15) is 12.8 Å². The second kappa shape index (κ2) is 4.90. The molecule has 3 fully saturated rings. The SMILES string of the molecule is c1coc(-c2ccc(N3CCN4CCC3CC4)nn2)c1. The van der Waals surface area contributed by atoms with E-state index in [1.54, 1.807) is 6.26 Å². The van der Waals surface area contributed by atoms with E-state index in [1.165, 1.54) is 25.9 Å². The number of hydrogen-bond acceptors (Lipinski definition) is 5. The Bertz CT molecular complexity index is 558. The number of fused-ring (bicyclic) bond motifs is 4. The Labute approximate surface area is 118 Å². The molecule has 0 aromatic carbocycles.